The number of rotatable bonds is 3. The van der Waals surface area contributed by atoms with Gasteiger partial charge in [-0.3, -0.25) is 15.1 Å². The molecule has 1 aliphatic heterocycles. The zero-order valence-electron chi connectivity index (χ0n) is 11.6. The Morgan fingerprint density at radius 2 is 2.19 bits per heavy atom. The molecule has 7 nitrogen and oxygen atoms in total. The first kappa shape index (κ1) is 13.7. The van der Waals surface area contributed by atoms with Crippen LogP contribution in [0.5, 0.6) is 0 Å². The highest BCUT2D eigenvalue weighted by Gasteiger charge is 2.14. The molecule has 3 rings (SSSR count). The van der Waals surface area contributed by atoms with Crippen LogP contribution in [0.3, 0.4) is 0 Å². The van der Waals surface area contributed by atoms with E-state index >= 15 is 0 Å². The van der Waals surface area contributed by atoms with Crippen LogP contribution in [0.4, 0.5) is 0 Å². The minimum Gasteiger partial charge on any atom is -0.379 e. The van der Waals surface area contributed by atoms with E-state index in [2.05, 4.69) is 14.9 Å². The van der Waals surface area contributed by atoms with E-state index in [0.717, 1.165) is 13.1 Å². The SMILES string of the molecule is N=c1[nH]c(CN2CCOCC2)nc2cccc(C(N)=O)c12. The van der Waals surface area contributed by atoms with Crippen LogP contribution in [-0.4, -0.2) is 47.1 Å². The number of morpholine rings is 1. The van der Waals surface area contributed by atoms with Crippen molar-refractivity contribution in [3.8, 4) is 0 Å². The predicted molar refractivity (Wildman–Crippen MR) is 76.6 cm³/mol. The molecule has 0 aliphatic carbocycles. The van der Waals surface area contributed by atoms with E-state index in [-0.39, 0.29) is 5.49 Å². The Hall–Kier alpha value is -2.25. The van der Waals surface area contributed by atoms with Crippen molar-refractivity contribution in [2.45, 2.75) is 6.54 Å². The minimum atomic E-state index is -0.551. The molecule has 2 aromatic rings. The molecule has 2 heterocycles. The van der Waals surface area contributed by atoms with E-state index in [1.807, 2.05) is 0 Å². The van der Waals surface area contributed by atoms with Gasteiger partial charge in [-0.1, -0.05) is 6.07 Å². The lowest BCUT2D eigenvalue weighted by Gasteiger charge is -2.26. The Labute approximate surface area is 121 Å². The number of aromatic nitrogens is 2. The molecule has 110 valence electrons. The van der Waals surface area contributed by atoms with Crippen LogP contribution in [0, 0.1) is 5.41 Å². The maximum absolute atomic E-state index is 11.4. The first-order valence-corrected chi connectivity index (χ1v) is 6.81. The van der Waals surface area contributed by atoms with Crippen LogP contribution in [0.25, 0.3) is 10.9 Å². The molecule has 1 saturated heterocycles. The van der Waals surface area contributed by atoms with Crippen LogP contribution in [0.2, 0.25) is 0 Å². The number of carbonyl (C=O) groups is 1. The van der Waals surface area contributed by atoms with Gasteiger partial charge in [0.2, 0.25) is 5.91 Å². The summed E-state index contributed by atoms with van der Waals surface area (Å²) in [6.07, 6.45) is 0. The van der Waals surface area contributed by atoms with Gasteiger partial charge in [0, 0.05) is 13.1 Å². The molecule has 0 bridgehead atoms. The first-order chi connectivity index (χ1) is 10.1. The highest BCUT2D eigenvalue weighted by molar-refractivity contribution is 6.04. The number of nitrogens with zero attached hydrogens (tertiary/aromatic N) is 2. The number of hydrogen-bond acceptors (Lipinski definition) is 5. The molecule has 1 aliphatic rings. The molecule has 0 spiro atoms. The van der Waals surface area contributed by atoms with E-state index < -0.39 is 5.91 Å². The van der Waals surface area contributed by atoms with Crippen LogP contribution in [0.1, 0.15) is 16.2 Å². The fourth-order valence-electron chi connectivity index (χ4n) is 2.53. The molecule has 1 aromatic heterocycles. The zero-order valence-corrected chi connectivity index (χ0v) is 11.6. The molecule has 0 saturated carbocycles. The molecule has 7 heteroatoms. The lowest BCUT2D eigenvalue weighted by molar-refractivity contribution is 0.0330. The van der Waals surface area contributed by atoms with Crippen molar-refractivity contribution in [1.82, 2.24) is 14.9 Å². The lowest BCUT2D eigenvalue weighted by atomic mass is 10.1. The summed E-state index contributed by atoms with van der Waals surface area (Å²) in [4.78, 5) is 21.1. The fourth-order valence-corrected chi connectivity index (χ4v) is 2.53. The minimum absolute atomic E-state index is 0.164. The summed E-state index contributed by atoms with van der Waals surface area (Å²) in [6.45, 7) is 3.76. The van der Waals surface area contributed by atoms with Crippen LogP contribution < -0.4 is 11.2 Å². The standard InChI is InChI=1S/C14H17N5O2/c15-13-12-9(14(16)20)2-1-3-10(12)17-11(18-13)8-19-4-6-21-7-5-19/h1-3H,4-8H2,(H2,16,20)(H2,15,17,18). The van der Waals surface area contributed by atoms with Gasteiger partial charge < -0.3 is 15.5 Å². The van der Waals surface area contributed by atoms with Crippen molar-refractivity contribution in [2.24, 2.45) is 5.73 Å². The number of H-pyrrole nitrogens is 1. The number of benzene rings is 1. The summed E-state index contributed by atoms with van der Waals surface area (Å²) in [5, 5.41) is 8.58. The van der Waals surface area contributed by atoms with Crippen LogP contribution in [0.15, 0.2) is 18.2 Å². The van der Waals surface area contributed by atoms with Gasteiger partial charge in [0.15, 0.2) is 0 Å². The van der Waals surface area contributed by atoms with Crippen LogP contribution in [-0.2, 0) is 11.3 Å². The summed E-state index contributed by atoms with van der Waals surface area (Å²) in [5.41, 5.74) is 6.44. The number of ether oxygens (including phenoxy) is 1. The van der Waals surface area contributed by atoms with Gasteiger partial charge in [-0.2, -0.15) is 0 Å². The topological polar surface area (TPSA) is 108 Å². The normalized spacial score (nSPS) is 16.2. The molecular weight excluding hydrogens is 270 g/mol. The van der Waals surface area contributed by atoms with Gasteiger partial charge in [0.1, 0.15) is 11.3 Å². The third-order valence-electron chi connectivity index (χ3n) is 3.56. The van der Waals surface area contributed by atoms with E-state index in [1.165, 1.54) is 0 Å². The van der Waals surface area contributed by atoms with E-state index in [9.17, 15) is 4.79 Å². The zero-order chi connectivity index (χ0) is 14.8. The number of amides is 1. The summed E-state index contributed by atoms with van der Waals surface area (Å²) in [6, 6.07) is 5.13. The number of primary amides is 1. The Morgan fingerprint density at radius 1 is 1.43 bits per heavy atom. The third kappa shape index (κ3) is 2.79. The highest BCUT2D eigenvalue weighted by Crippen LogP contribution is 2.13. The van der Waals surface area contributed by atoms with Crippen molar-refractivity contribution in [3.63, 3.8) is 0 Å². The second kappa shape index (κ2) is 5.63. The van der Waals surface area contributed by atoms with Crippen molar-refractivity contribution < 1.29 is 9.53 Å². The monoisotopic (exact) mass is 287 g/mol. The molecule has 1 aromatic carbocycles. The average molecular weight is 287 g/mol. The molecule has 0 unspecified atom stereocenters. The lowest BCUT2D eigenvalue weighted by Crippen LogP contribution is -2.36. The Morgan fingerprint density at radius 3 is 2.90 bits per heavy atom. The van der Waals surface area contributed by atoms with E-state index in [0.29, 0.717) is 42.0 Å². The molecule has 0 radical (unpaired) electrons. The fraction of sp³-hybridized carbons (Fsp3) is 0.357. The average Bonchev–Trinajstić information content (AvgIpc) is 2.47. The Balaban J connectivity index is 1.99. The number of nitrogens with one attached hydrogen (secondary N) is 2. The number of aromatic amines is 1. The van der Waals surface area contributed by atoms with Crippen molar-refractivity contribution >= 4 is 16.8 Å². The number of carbonyl (C=O) groups excluding carboxylic acids is 1. The van der Waals surface area contributed by atoms with Crippen molar-refractivity contribution in [1.29, 1.82) is 5.41 Å². The molecule has 21 heavy (non-hydrogen) atoms. The number of fused-ring (bicyclic) bond motifs is 1. The van der Waals surface area contributed by atoms with Gasteiger partial charge in [0.25, 0.3) is 0 Å². The summed E-state index contributed by atoms with van der Waals surface area (Å²) < 4.78 is 5.31. The van der Waals surface area contributed by atoms with Gasteiger partial charge in [-0.25, -0.2) is 4.98 Å². The maximum atomic E-state index is 11.4. The molecular formula is C14H17N5O2. The van der Waals surface area contributed by atoms with Crippen LogP contribution >= 0.6 is 0 Å². The Bertz CT molecular complexity index is 734. The number of nitrogens with two attached hydrogens (primary N) is 1. The van der Waals surface area contributed by atoms with Gasteiger partial charge >= 0.3 is 0 Å². The summed E-state index contributed by atoms with van der Waals surface area (Å²) >= 11 is 0. The second-order valence-corrected chi connectivity index (χ2v) is 5.01. The molecule has 4 N–H and O–H groups in total. The summed E-state index contributed by atoms with van der Waals surface area (Å²) in [7, 11) is 0. The molecule has 0 atom stereocenters. The van der Waals surface area contributed by atoms with Gasteiger partial charge in [-0.05, 0) is 12.1 Å². The quantitative estimate of drug-likeness (QED) is 0.736. The van der Waals surface area contributed by atoms with E-state index in [4.69, 9.17) is 15.9 Å². The van der Waals surface area contributed by atoms with Gasteiger partial charge in [-0.15, -0.1) is 0 Å². The highest BCUT2D eigenvalue weighted by atomic mass is 16.5. The predicted octanol–water partition coefficient (Wildman–Crippen LogP) is -0.0265. The summed E-state index contributed by atoms with van der Waals surface area (Å²) in [5.74, 6) is 0.154. The smallest absolute Gasteiger partial charge is 0.249 e. The van der Waals surface area contributed by atoms with Gasteiger partial charge in [0.05, 0.1) is 36.2 Å². The van der Waals surface area contributed by atoms with E-state index in [1.54, 1.807) is 18.2 Å². The first-order valence-electron chi connectivity index (χ1n) is 6.81. The molecule has 1 amide bonds. The van der Waals surface area contributed by atoms with Crippen molar-refractivity contribution in [2.75, 3.05) is 26.3 Å². The second-order valence-electron chi connectivity index (χ2n) is 5.01. The third-order valence-corrected chi connectivity index (χ3v) is 3.56. The maximum Gasteiger partial charge on any atom is 0.249 e. The largest absolute Gasteiger partial charge is 0.379 e. The Kier molecular flexibility index (Phi) is 3.68. The number of hydrogen-bond donors (Lipinski definition) is 3. The van der Waals surface area contributed by atoms with Crippen molar-refractivity contribution in [3.05, 3.63) is 35.1 Å². The molecule has 1 fully saturated rings.